The number of rotatable bonds is 7. The Bertz CT molecular complexity index is 1380. The summed E-state index contributed by atoms with van der Waals surface area (Å²) >= 11 is 0. The van der Waals surface area contributed by atoms with Crippen LogP contribution >= 0.6 is 0 Å². The molecule has 0 aliphatic heterocycles. The van der Waals surface area contributed by atoms with Crippen LogP contribution in [0.25, 0.3) is 0 Å². The van der Waals surface area contributed by atoms with Crippen molar-refractivity contribution in [1.82, 2.24) is 10.3 Å². The average molecular weight is 473 g/mol. The van der Waals surface area contributed by atoms with Crippen molar-refractivity contribution in [2.75, 3.05) is 5.32 Å². The first-order chi connectivity index (χ1) is 16.9. The minimum Gasteiger partial charge on any atom is -0.453 e. The largest absolute Gasteiger partial charge is 0.453 e. The van der Waals surface area contributed by atoms with E-state index in [-0.39, 0.29) is 23.4 Å². The number of aromatic nitrogens is 1. The lowest BCUT2D eigenvalue weighted by atomic mass is 10.1. The van der Waals surface area contributed by atoms with E-state index in [1.165, 1.54) is 42.6 Å². The van der Waals surface area contributed by atoms with Gasteiger partial charge in [-0.25, -0.2) is 8.78 Å². The van der Waals surface area contributed by atoms with Gasteiger partial charge in [0.05, 0.1) is 11.8 Å². The quantitative estimate of drug-likeness (QED) is 0.364. The molecule has 0 bridgehead atoms. The maximum absolute atomic E-state index is 14.4. The predicted molar refractivity (Wildman–Crippen MR) is 127 cm³/mol. The van der Waals surface area contributed by atoms with Crippen molar-refractivity contribution in [2.45, 2.75) is 13.5 Å². The van der Waals surface area contributed by atoms with Crippen LogP contribution in [0.1, 0.15) is 31.8 Å². The van der Waals surface area contributed by atoms with Crippen LogP contribution in [-0.2, 0) is 6.54 Å². The Balaban J connectivity index is 1.41. The SMILES string of the molecule is Cc1ccc(C(=O)NCc2ccc(Oc3cccnc3)c(F)c2)cc1NC(=O)c1ccccc1F. The molecule has 176 valence electrons. The Kier molecular flexibility index (Phi) is 7.11. The second-order valence-electron chi connectivity index (χ2n) is 7.70. The van der Waals surface area contributed by atoms with E-state index in [1.807, 2.05) is 0 Å². The third-order valence-electron chi connectivity index (χ3n) is 5.18. The van der Waals surface area contributed by atoms with Crippen LogP contribution in [0.4, 0.5) is 14.5 Å². The van der Waals surface area contributed by atoms with E-state index in [9.17, 15) is 18.4 Å². The molecule has 4 aromatic rings. The summed E-state index contributed by atoms with van der Waals surface area (Å²) in [4.78, 5) is 29.0. The van der Waals surface area contributed by atoms with Gasteiger partial charge in [0.25, 0.3) is 11.8 Å². The number of hydrogen-bond donors (Lipinski definition) is 2. The van der Waals surface area contributed by atoms with Crippen LogP contribution < -0.4 is 15.4 Å². The third-order valence-corrected chi connectivity index (χ3v) is 5.18. The van der Waals surface area contributed by atoms with Crippen LogP contribution in [-0.4, -0.2) is 16.8 Å². The first-order valence-corrected chi connectivity index (χ1v) is 10.7. The van der Waals surface area contributed by atoms with Crippen molar-refractivity contribution in [3.8, 4) is 11.5 Å². The number of nitrogens with zero attached hydrogens (tertiary/aromatic N) is 1. The fourth-order valence-electron chi connectivity index (χ4n) is 3.29. The molecular formula is C27H21F2N3O3. The molecule has 1 aromatic heterocycles. The fraction of sp³-hybridized carbons (Fsp3) is 0.0741. The molecule has 6 nitrogen and oxygen atoms in total. The second kappa shape index (κ2) is 10.6. The van der Waals surface area contributed by atoms with Gasteiger partial charge >= 0.3 is 0 Å². The standard InChI is InChI=1S/C27H21F2N3O3/c1-17-8-10-19(14-24(17)32-27(34)21-6-2-3-7-22(21)28)26(33)31-15-18-9-11-25(23(29)13-18)35-20-5-4-12-30-16-20/h2-14,16H,15H2,1H3,(H,31,33)(H,32,34). The molecule has 0 spiro atoms. The van der Waals surface area contributed by atoms with Crippen molar-refractivity contribution in [1.29, 1.82) is 0 Å². The molecule has 2 amide bonds. The van der Waals surface area contributed by atoms with Crippen LogP contribution in [0.3, 0.4) is 0 Å². The molecule has 0 saturated carbocycles. The lowest BCUT2D eigenvalue weighted by Gasteiger charge is -2.12. The Morgan fingerprint density at radius 1 is 0.914 bits per heavy atom. The number of carbonyl (C=O) groups excluding carboxylic acids is 2. The molecular weight excluding hydrogens is 452 g/mol. The molecule has 2 N–H and O–H groups in total. The first-order valence-electron chi connectivity index (χ1n) is 10.7. The molecule has 1 heterocycles. The molecule has 4 rings (SSSR count). The van der Waals surface area contributed by atoms with Gasteiger partial charge in [0.1, 0.15) is 11.6 Å². The molecule has 0 unspecified atom stereocenters. The van der Waals surface area contributed by atoms with Gasteiger partial charge in [-0.2, -0.15) is 0 Å². The number of halogens is 2. The molecule has 0 saturated heterocycles. The number of aryl methyl sites for hydroxylation is 1. The zero-order valence-electron chi connectivity index (χ0n) is 18.7. The highest BCUT2D eigenvalue weighted by Gasteiger charge is 2.14. The van der Waals surface area contributed by atoms with Crippen LogP contribution in [0.2, 0.25) is 0 Å². The smallest absolute Gasteiger partial charge is 0.258 e. The van der Waals surface area contributed by atoms with E-state index in [4.69, 9.17) is 4.74 Å². The normalized spacial score (nSPS) is 10.5. The Morgan fingerprint density at radius 3 is 2.49 bits per heavy atom. The maximum atomic E-state index is 14.4. The Labute approximate surface area is 200 Å². The zero-order valence-corrected chi connectivity index (χ0v) is 18.7. The Morgan fingerprint density at radius 2 is 1.74 bits per heavy atom. The molecule has 35 heavy (non-hydrogen) atoms. The van der Waals surface area contributed by atoms with Gasteiger partial charge in [-0.05, 0) is 66.6 Å². The number of anilines is 1. The molecule has 0 aliphatic carbocycles. The minimum absolute atomic E-state index is 0.0434. The van der Waals surface area contributed by atoms with Crippen molar-refractivity contribution in [2.24, 2.45) is 0 Å². The van der Waals surface area contributed by atoms with Crippen LogP contribution in [0.15, 0.2) is 85.2 Å². The summed E-state index contributed by atoms with van der Waals surface area (Å²) in [6.45, 7) is 1.84. The van der Waals surface area contributed by atoms with Gasteiger partial charge in [0.15, 0.2) is 11.6 Å². The van der Waals surface area contributed by atoms with Gasteiger partial charge < -0.3 is 15.4 Å². The van der Waals surface area contributed by atoms with Gasteiger partial charge in [0, 0.05) is 24.0 Å². The number of nitrogens with one attached hydrogen (secondary N) is 2. The van der Waals surface area contributed by atoms with E-state index < -0.39 is 23.4 Å². The van der Waals surface area contributed by atoms with Gasteiger partial charge in [-0.15, -0.1) is 0 Å². The monoisotopic (exact) mass is 473 g/mol. The Hall–Kier alpha value is -4.59. The van der Waals surface area contributed by atoms with E-state index >= 15 is 0 Å². The van der Waals surface area contributed by atoms with Gasteiger partial charge in [-0.3, -0.25) is 14.6 Å². The minimum atomic E-state index is -0.638. The summed E-state index contributed by atoms with van der Waals surface area (Å²) in [6.07, 6.45) is 3.06. The number of benzene rings is 3. The third kappa shape index (κ3) is 5.86. The lowest BCUT2D eigenvalue weighted by molar-refractivity contribution is 0.0949. The van der Waals surface area contributed by atoms with E-state index in [2.05, 4.69) is 15.6 Å². The summed E-state index contributed by atoms with van der Waals surface area (Å²) in [5, 5.41) is 5.37. The summed E-state index contributed by atoms with van der Waals surface area (Å²) < 4.78 is 33.8. The van der Waals surface area contributed by atoms with Crippen molar-refractivity contribution >= 4 is 17.5 Å². The topological polar surface area (TPSA) is 80.3 Å². The number of carbonyl (C=O) groups is 2. The summed E-state index contributed by atoms with van der Waals surface area (Å²) in [5.41, 5.74) is 1.82. The molecule has 0 fully saturated rings. The van der Waals surface area contributed by atoms with E-state index in [0.29, 0.717) is 22.6 Å². The van der Waals surface area contributed by atoms with Crippen LogP contribution in [0, 0.1) is 18.6 Å². The molecule has 0 radical (unpaired) electrons. The fourth-order valence-corrected chi connectivity index (χ4v) is 3.29. The van der Waals surface area contributed by atoms with Crippen molar-refractivity contribution < 1.29 is 23.1 Å². The molecule has 8 heteroatoms. The average Bonchev–Trinajstić information content (AvgIpc) is 2.86. The molecule has 0 atom stereocenters. The highest BCUT2D eigenvalue weighted by molar-refractivity contribution is 6.05. The lowest BCUT2D eigenvalue weighted by Crippen LogP contribution is -2.23. The van der Waals surface area contributed by atoms with E-state index in [1.54, 1.807) is 49.5 Å². The number of ether oxygens (including phenoxy) is 1. The predicted octanol–water partition coefficient (Wildman–Crippen LogP) is 5.64. The molecule has 0 aliphatic rings. The van der Waals surface area contributed by atoms with E-state index in [0.717, 1.165) is 0 Å². The summed E-state index contributed by atoms with van der Waals surface area (Å²) in [5.74, 6) is -1.79. The summed E-state index contributed by atoms with van der Waals surface area (Å²) in [6, 6.07) is 18.2. The zero-order chi connectivity index (χ0) is 24.8. The number of amides is 2. The first kappa shape index (κ1) is 23.6. The maximum Gasteiger partial charge on any atom is 0.258 e. The van der Waals surface area contributed by atoms with Crippen molar-refractivity contribution in [3.63, 3.8) is 0 Å². The van der Waals surface area contributed by atoms with Crippen molar-refractivity contribution in [3.05, 3.63) is 119 Å². The second-order valence-corrected chi connectivity index (χ2v) is 7.70. The van der Waals surface area contributed by atoms with Gasteiger partial charge in [-0.1, -0.05) is 24.3 Å². The van der Waals surface area contributed by atoms with Gasteiger partial charge in [0.2, 0.25) is 0 Å². The van der Waals surface area contributed by atoms with Crippen LogP contribution in [0.5, 0.6) is 11.5 Å². The number of hydrogen-bond acceptors (Lipinski definition) is 4. The highest BCUT2D eigenvalue weighted by Crippen LogP contribution is 2.24. The highest BCUT2D eigenvalue weighted by atomic mass is 19.1. The number of pyridine rings is 1. The summed E-state index contributed by atoms with van der Waals surface area (Å²) in [7, 11) is 0. The molecule has 3 aromatic carbocycles.